The Morgan fingerprint density at radius 3 is 2.83 bits per heavy atom. The van der Waals surface area contributed by atoms with Crippen molar-refractivity contribution in [1.82, 2.24) is 35.2 Å². The number of nitrogen functional groups attached to an aromatic ring is 1. The number of aromatic nitrogens is 7. The molecule has 4 rings (SSSR count). The molecule has 10 nitrogen and oxygen atoms in total. The van der Waals surface area contributed by atoms with Gasteiger partial charge in [0.2, 0.25) is 5.95 Å². The fourth-order valence-corrected chi connectivity index (χ4v) is 3.01. The summed E-state index contributed by atoms with van der Waals surface area (Å²) in [5.41, 5.74) is 12.9. The van der Waals surface area contributed by atoms with Crippen LogP contribution in [0.2, 0.25) is 0 Å². The summed E-state index contributed by atoms with van der Waals surface area (Å²) in [6.45, 7) is 2.13. The van der Waals surface area contributed by atoms with Crippen LogP contribution in [0.15, 0.2) is 12.4 Å². The summed E-state index contributed by atoms with van der Waals surface area (Å²) in [4.78, 5) is 10.8. The normalized spacial score (nSPS) is 16.3. The van der Waals surface area contributed by atoms with E-state index < -0.39 is 0 Å². The van der Waals surface area contributed by atoms with Crippen molar-refractivity contribution in [2.24, 2.45) is 5.73 Å². The van der Waals surface area contributed by atoms with Crippen molar-refractivity contribution in [3.63, 3.8) is 0 Å². The van der Waals surface area contributed by atoms with Gasteiger partial charge in [0, 0.05) is 19.6 Å². The summed E-state index contributed by atoms with van der Waals surface area (Å²) in [5, 5.41) is 16.0. The Hall–Kier alpha value is -2.75. The van der Waals surface area contributed by atoms with Crippen molar-refractivity contribution in [2.75, 3.05) is 23.7 Å². The van der Waals surface area contributed by atoms with Crippen LogP contribution in [0.3, 0.4) is 0 Å². The van der Waals surface area contributed by atoms with Crippen molar-refractivity contribution in [3.05, 3.63) is 18.1 Å². The number of hydrogen-bond acceptors (Lipinski definition) is 8. The molecule has 0 bridgehead atoms. The number of nitrogens with one attached hydrogen (secondary N) is 1. The average molecular weight is 314 g/mol. The molecule has 1 fully saturated rings. The van der Waals surface area contributed by atoms with Gasteiger partial charge in [0.15, 0.2) is 5.65 Å². The topological polar surface area (TPSA) is 140 Å². The molecule has 0 spiro atoms. The Morgan fingerprint density at radius 1 is 1.26 bits per heavy atom. The van der Waals surface area contributed by atoms with Gasteiger partial charge in [-0.25, -0.2) is 4.68 Å². The van der Waals surface area contributed by atoms with E-state index in [2.05, 4.69) is 35.4 Å². The highest BCUT2D eigenvalue weighted by atomic mass is 15.4. The number of aromatic amines is 1. The van der Waals surface area contributed by atoms with Crippen LogP contribution in [-0.4, -0.2) is 48.2 Å². The van der Waals surface area contributed by atoms with Gasteiger partial charge in [-0.3, -0.25) is 5.10 Å². The minimum atomic E-state index is 0.253. The van der Waals surface area contributed by atoms with Gasteiger partial charge in [-0.05, 0) is 12.8 Å². The van der Waals surface area contributed by atoms with Crippen molar-refractivity contribution in [2.45, 2.75) is 25.4 Å². The number of nitrogens with two attached hydrogens (primary N) is 2. The number of H-pyrrole nitrogens is 1. The Balaban J connectivity index is 1.53. The average Bonchev–Trinajstić information content (AvgIpc) is 3.23. The number of nitrogens with zero attached hydrogens (tertiary/aromatic N) is 7. The maximum Gasteiger partial charge on any atom is 0.224 e. The molecule has 4 heterocycles. The van der Waals surface area contributed by atoms with Crippen LogP contribution < -0.4 is 16.4 Å². The van der Waals surface area contributed by atoms with Gasteiger partial charge in [0.05, 0.1) is 29.5 Å². The first-order valence-electron chi connectivity index (χ1n) is 7.57. The molecular formula is C13H18N10. The molecule has 120 valence electrons. The van der Waals surface area contributed by atoms with E-state index in [0.717, 1.165) is 42.8 Å². The monoisotopic (exact) mass is 314 g/mol. The molecule has 0 radical (unpaired) electrons. The molecule has 0 saturated carbocycles. The van der Waals surface area contributed by atoms with E-state index in [1.54, 1.807) is 6.20 Å². The minimum absolute atomic E-state index is 0.253. The molecule has 0 atom stereocenters. The molecule has 0 aromatic carbocycles. The molecule has 10 heteroatoms. The number of piperidine rings is 1. The SMILES string of the molecule is NCc1cn(C2CCN(c3nc(N)nc4[nH]ncc34)CC2)nn1. The van der Waals surface area contributed by atoms with E-state index in [4.69, 9.17) is 11.5 Å². The second-order valence-corrected chi connectivity index (χ2v) is 5.65. The van der Waals surface area contributed by atoms with Crippen molar-refractivity contribution in [1.29, 1.82) is 0 Å². The zero-order chi connectivity index (χ0) is 15.8. The first-order chi connectivity index (χ1) is 11.2. The maximum atomic E-state index is 5.80. The van der Waals surface area contributed by atoms with Crippen LogP contribution in [-0.2, 0) is 6.54 Å². The summed E-state index contributed by atoms with van der Waals surface area (Å²) in [7, 11) is 0. The van der Waals surface area contributed by atoms with Gasteiger partial charge in [-0.15, -0.1) is 5.10 Å². The second kappa shape index (κ2) is 5.47. The number of anilines is 2. The third kappa shape index (κ3) is 2.46. The van der Waals surface area contributed by atoms with Crippen LogP contribution in [0.5, 0.6) is 0 Å². The zero-order valence-corrected chi connectivity index (χ0v) is 12.6. The summed E-state index contributed by atoms with van der Waals surface area (Å²) < 4.78 is 1.92. The van der Waals surface area contributed by atoms with Crippen LogP contribution in [0, 0.1) is 0 Å². The van der Waals surface area contributed by atoms with Gasteiger partial charge in [-0.1, -0.05) is 5.21 Å². The third-order valence-corrected chi connectivity index (χ3v) is 4.21. The van der Waals surface area contributed by atoms with E-state index in [0.29, 0.717) is 18.2 Å². The first kappa shape index (κ1) is 13.9. The number of hydrogen-bond donors (Lipinski definition) is 3. The fraction of sp³-hybridized carbons (Fsp3) is 0.462. The highest BCUT2D eigenvalue weighted by Gasteiger charge is 2.24. The van der Waals surface area contributed by atoms with Crippen LogP contribution in [0.4, 0.5) is 11.8 Å². The predicted molar refractivity (Wildman–Crippen MR) is 84.5 cm³/mol. The quantitative estimate of drug-likeness (QED) is 0.605. The second-order valence-electron chi connectivity index (χ2n) is 5.65. The van der Waals surface area contributed by atoms with Crippen LogP contribution in [0.25, 0.3) is 11.0 Å². The predicted octanol–water partition coefficient (Wildman–Crippen LogP) is -0.173. The summed E-state index contributed by atoms with van der Waals surface area (Å²) in [5.74, 6) is 1.09. The molecule has 1 aliphatic heterocycles. The molecule has 1 saturated heterocycles. The van der Waals surface area contributed by atoms with E-state index in [1.807, 2.05) is 10.9 Å². The summed E-state index contributed by atoms with van der Waals surface area (Å²) in [6.07, 6.45) is 5.58. The highest BCUT2D eigenvalue weighted by Crippen LogP contribution is 2.29. The molecule has 1 aliphatic rings. The Labute approximate surface area is 131 Å². The van der Waals surface area contributed by atoms with E-state index in [-0.39, 0.29) is 5.95 Å². The smallest absolute Gasteiger partial charge is 0.224 e. The molecule has 3 aromatic heterocycles. The molecular weight excluding hydrogens is 296 g/mol. The van der Waals surface area contributed by atoms with E-state index in [1.165, 1.54) is 0 Å². The molecule has 23 heavy (non-hydrogen) atoms. The minimum Gasteiger partial charge on any atom is -0.368 e. The summed E-state index contributed by atoms with van der Waals surface area (Å²) in [6, 6.07) is 0.332. The van der Waals surface area contributed by atoms with Gasteiger partial charge in [-0.2, -0.15) is 15.1 Å². The van der Waals surface area contributed by atoms with Gasteiger partial charge in [0.25, 0.3) is 0 Å². The van der Waals surface area contributed by atoms with Crippen LogP contribution in [0.1, 0.15) is 24.6 Å². The number of fused-ring (bicyclic) bond motifs is 1. The lowest BCUT2D eigenvalue weighted by Gasteiger charge is -2.32. The Kier molecular flexibility index (Phi) is 3.30. The molecule has 3 aromatic rings. The standard InChI is InChI=1S/C13H18N10/c14-5-8-7-23(21-19-8)9-1-3-22(4-2-9)12-10-6-16-20-11(10)17-13(15)18-12/h6-7,9H,1-5,14H2,(H3,15,16,17,18,20). The lowest BCUT2D eigenvalue weighted by atomic mass is 10.1. The van der Waals surface area contributed by atoms with Crippen molar-refractivity contribution >= 4 is 22.8 Å². The zero-order valence-electron chi connectivity index (χ0n) is 12.6. The van der Waals surface area contributed by atoms with Crippen LogP contribution >= 0.6 is 0 Å². The van der Waals surface area contributed by atoms with Gasteiger partial charge < -0.3 is 16.4 Å². The highest BCUT2D eigenvalue weighted by molar-refractivity contribution is 5.87. The van der Waals surface area contributed by atoms with Crippen molar-refractivity contribution in [3.8, 4) is 0 Å². The van der Waals surface area contributed by atoms with E-state index in [9.17, 15) is 0 Å². The summed E-state index contributed by atoms with van der Waals surface area (Å²) >= 11 is 0. The first-order valence-corrected chi connectivity index (χ1v) is 7.57. The van der Waals surface area contributed by atoms with Gasteiger partial charge >= 0.3 is 0 Å². The van der Waals surface area contributed by atoms with Gasteiger partial charge in [0.1, 0.15) is 5.82 Å². The Morgan fingerprint density at radius 2 is 2.09 bits per heavy atom. The third-order valence-electron chi connectivity index (χ3n) is 4.21. The fourth-order valence-electron chi connectivity index (χ4n) is 3.01. The molecule has 0 aliphatic carbocycles. The molecule has 5 N–H and O–H groups in total. The van der Waals surface area contributed by atoms with Crippen molar-refractivity contribution < 1.29 is 0 Å². The largest absolute Gasteiger partial charge is 0.368 e. The Bertz CT molecular complexity index is 813. The number of rotatable bonds is 3. The lowest BCUT2D eigenvalue weighted by molar-refractivity contribution is 0.359. The molecule has 0 unspecified atom stereocenters. The lowest BCUT2D eigenvalue weighted by Crippen LogP contribution is -2.35. The maximum absolute atomic E-state index is 5.80. The van der Waals surface area contributed by atoms with E-state index >= 15 is 0 Å². The molecule has 0 amide bonds.